The minimum absolute atomic E-state index is 0. The third-order valence-corrected chi connectivity index (χ3v) is 0. The number of rotatable bonds is 0. The molecule has 40 valence electrons. The van der Waals surface area contributed by atoms with E-state index in [2.05, 4.69) is 0 Å². The quantitative estimate of drug-likeness (QED) is 0.448. The molecule has 0 saturated heterocycles. The van der Waals surface area contributed by atoms with Crippen molar-refractivity contribution in [1.29, 1.82) is 0 Å². The van der Waals surface area contributed by atoms with E-state index in [1.165, 1.54) is 0 Å². The molecule has 0 N–H and O–H groups in total. The Balaban J connectivity index is 0. The number of hydrogen-bond donors (Lipinski definition) is 0. The summed E-state index contributed by atoms with van der Waals surface area (Å²) in [5, 5.41) is 0. The highest BCUT2D eigenvalue weighted by atomic mass is 32.3. The highest BCUT2D eigenvalue weighted by Gasteiger charge is 1.94. The van der Waals surface area contributed by atoms with Crippen LogP contribution in [0.5, 0.6) is 0 Å². The Morgan fingerprint density at radius 2 is 1.17 bits per heavy atom. The van der Waals surface area contributed by atoms with Crippen molar-refractivity contribution in [1.82, 2.24) is 0 Å². The van der Waals surface area contributed by atoms with Gasteiger partial charge in [0.15, 0.2) is 0 Å². The summed E-state index contributed by atoms with van der Waals surface area (Å²) in [5.74, 6) is 0. The van der Waals surface area contributed by atoms with Crippen LogP contribution >= 0.6 is 13.5 Å². The summed E-state index contributed by atoms with van der Waals surface area (Å²) >= 11 is 0. The molecule has 0 aliphatic rings. The summed E-state index contributed by atoms with van der Waals surface area (Å²) in [6.07, 6.45) is 0. The molecule has 0 rings (SSSR count). The molecule has 6 heteroatoms. The van der Waals surface area contributed by atoms with Crippen LogP contribution < -0.4 is 0 Å². The van der Waals surface area contributed by atoms with Crippen molar-refractivity contribution in [3.8, 4) is 0 Å². The van der Waals surface area contributed by atoms with Crippen LogP contribution in [0.25, 0.3) is 0 Å². The van der Waals surface area contributed by atoms with Gasteiger partial charge in [0.05, 0.1) is 0 Å². The van der Waals surface area contributed by atoms with E-state index in [4.69, 9.17) is 8.42 Å². The van der Waals surface area contributed by atoms with Gasteiger partial charge >= 0.3 is 10.6 Å². The second-order valence-corrected chi connectivity index (χ2v) is 1.14. The van der Waals surface area contributed by atoms with Gasteiger partial charge in [-0.25, -0.2) is 0 Å². The van der Waals surface area contributed by atoms with Crippen molar-refractivity contribution in [3.05, 3.63) is 0 Å². The first-order chi connectivity index (χ1) is 2.00. The van der Waals surface area contributed by atoms with Crippen LogP contribution in [-0.2, 0) is 10.6 Å². The standard InChI is InChI=1S/F2O2S.H2S/c1-5(2,3)4;/h;1H2. The van der Waals surface area contributed by atoms with E-state index in [1.54, 1.807) is 0 Å². The van der Waals surface area contributed by atoms with E-state index in [9.17, 15) is 7.77 Å². The fraction of sp³-hybridized carbons (Fsp3) is 0. The molecule has 0 aromatic heterocycles. The second kappa shape index (κ2) is 2.35. The van der Waals surface area contributed by atoms with Crippen molar-refractivity contribution in [2.75, 3.05) is 0 Å². The third kappa shape index (κ3) is 1620. The van der Waals surface area contributed by atoms with Crippen molar-refractivity contribution < 1.29 is 16.2 Å². The van der Waals surface area contributed by atoms with E-state index in [-0.39, 0.29) is 13.5 Å². The molecule has 0 aliphatic heterocycles. The Kier molecular flexibility index (Phi) is 3.72. The zero-order chi connectivity index (χ0) is 4.50. The van der Waals surface area contributed by atoms with Gasteiger partial charge in [0.25, 0.3) is 0 Å². The van der Waals surface area contributed by atoms with Gasteiger partial charge < -0.3 is 0 Å². The van der Waals surface area contributed by atoms with E-state index < -0.39 is 10.6 Å². The maximum atomic E-state index is 9.99. The molecule has 6 heavy (non-hydrogen) atoms. The average molecular weight is 136 g/mol. The van der Waals surface area contributed by atoms with Crippen LogP contribution in [0.1, 0.15) is 0 Å². The van der Waals surface area contributed by atoms with E-state index in [0.717, 1.165) is 0 Å². The lowest BCUT2D eigenvalue weighted by atomic mass is 15.9. The molecule has 0 aliphatic carbocycles. The van der Waals surface area contributed by atoms with Gasteiger partial charge in [-0.2, -0.15) is 21.9 Å². The minimum atomic E-state index is -5.67. The third-order valence-electron chi connectivity index (χ3n) is 0. The van der Waals surface area contributed by atoms with E-state index in [0.29, 0.717) is 0 Å². The lowest BCUT2D eigenvalue weighted by Gasteiger charge is -1.57. The maximum absolute atomic E-state index is 9.99. The molecule has 0 spiro atoms. The molecule has 0 amide bonds. The summed E-state index contributed by atoms with van der Waals surface area (Å²) in [7, 11) is -5.67. The van der Waals surface area contributed by atoms with Gasteiger partial charge in [-0.05, 0) is 0 Å². The van der Waals surface area contributed by atoms with Gasteiger partial charge in [0.2, 0.25) is 0 Å². The molecule has 0 atom stereocenters. The smallest absolute Gasteiger partial charge is 0.197 e. The van der Waals surface area contributed by atoms with Crippen molar-refractivity contribution in [2.45, 2.75) is 0 Å². The van der Waals surface area contributed by atoms with Crippen molar-refractivity contribution in [2.24, 2.45) is 0 Å². The molecular weight excluding hydrogens is 134 g/mol. The zero-order valence-electron chi connectivity index (χ0n) is 2.48. The molecular formula is H2F2O2S2. The predicted octanol–water partition coefficient (Wildman–Crippen LogP) is 0.283. The van der Waals surface area contributed by atoms with Gasteiger partial charge in [-0.3, -0.25) is 0 Å². The van der Waals surface area contributed by atoms with Gasteiger partial charge in [0, 0.05) is 0 Å². The highest BCUT2D eigenvalue weighted by Crippen LogP contribution is 1.85. The van der Waals surface area contributed by atoms with Crippen LogP contribution in [0.3, 0.4) is 0 Å². The Bertz CT molecular complexity index is 92.7. The molecule has 0 radical (unpaired) electrons. The fourth-order valence-electron chi connectivity index (χ4n) is 0. The Morgan fingerprint density at radius 1 is 1.17 bits per heavy atom. The van der Waals surface area contributed by atoms with Gasteiger partial charge in [-0.1, -0.05) is 7.77 Å². The fourth-order valence-corrected chi connectivity index (χ4v) is 0. The molecule has 0 aromatic rings. The Morgan fingerprint density at radius 3 is 1.17 bits per heavy atom. The number of hydrogen-bond acceptors (Lipinski definition) is 2. The van der Waals surface area contributed by atoms with E-state index in [1.807, 2.05) is 0 Å². The average Bonchev–Trinajstić information content (AvgIpc) is 0.722. The van der Waals surface area contributed by atoms with Crippen molar-refractivity contribution >= 4 is 24.1 Å². The normalized spacial score (nSPS) is 9.67. The molecule has 2 nitrogen and oxygen atoms in total. The lowest BCUT2D eigenvalue weighted by Crippen LogP contribution is -1.69. The summed E-state index contributed by atoms with van der Waals surface area (Å²) in [4.78, 5) is 0. The molecule has 0 fully saturated rings. The molecule has 0 aromatic carbocycles. The topological polar surface area (TPSA) is 34.1 Å². The van der Waals surface area contributed by atoms with Crippen LogP contribution in [0.4, 0.5) is 7.77 Å². The van der Waals surface area contributed by atoms with Crippen molar-refractivity contribution in [3.63, 3.8) is 0 Å². The summed E-state index contributed by atoms with van der Waals surface area (Å²) in [6.45, 7) is 0. The number of halogens is 2. The predicted molar refractivity (Wildman–Crippen MR) is 21.5 cm³/mol. The monoisotopic (exact) mass is 136 g/mol. The van der Waals surface area contributed by atoms with E-state index >= 15 is 0 Å². The first-order valence-electron chi connectivity index (χ1n) is 0.642. The maximum Gasteiger partial charge on any atom is 0.476 e. The Labute approximate surface area is 41.1 Å². The molecule has 0 unspecified atom stereocenters. The first kappa shape index (κ1) is 9.48. The molecule has 0 bridgehead atoms. The summed E-state index contributed by atoms with van der Waals surface area (Å²) < 4.78 is 36.6. The summed E-state index contributed by atoms with van der Waals surface area (Å²) in [6, 6.07) is 0. The lowest BCUT2D eigenvalue weighted by molar-refractivity contribution is 0.501. The SMILES string of the molecule is O=S(=O)(F)F.S. The van der Waals surface area contributed by atoms with Crippen LogP contribution in [0.2, 0.25) is 0 Å². The second-order valence-electron chi connectivity index (χ2n) is 0.378. The van der Waals surface area contributed by atoms with Crippen LogP contribution in [0.15, 0.2) is 0 Å². The van der Waals surface area contributed by atoms with Crippen LogP contribution in [0, 0.1) is 0 Å². The summed E-state index contributed by atoms with van der Waals surface area (Å²) in [5.41, 5.74) is 0. The van der Waals surface area contributed by atoms with Gasteiger partial charge in [-0.15, -0.1) is 0 Å². The minimum Gasteiger partial charge on any atom is -0.197 e. The Hall–Kier alpha value is 0.160. The largest absolute Gasteiger partial charge is 0.476 e. The molecule has 0 saturated carbocycles. The first-order valence-corrected chi connectivity index (χ1v) is 1.93. The van der Waals surface area contributed by atoms with Gasteiger partial charge in [0.1, 0.15) is 0 Å². The molecule has 0 heterocycles. The van der Waals surface area contributed by atoms with Crippen LogP contribution in [-0.4, -0.2) is 8.42 Å². The highest BCUT2D eigenvalue weighted by molar-refractivity contribution is 7.81. The zero-order valence-corrected chi connectivity index (χ0v) is 4.30.